The van der Waals surface area contributed by atoms with Crippen molar-refractivity contribution >= 4 is 0 Å². The molecule has 2 heteroatoms. The Kier molecular flexibility index (Phi) is 0.394. The highest BCUT2D eigenvalue weighted by Gasteiger charge is 2.01. The van der Waals surface area contributed by atoms with E-state index in [1.807, 2.05) is 0 Å². The molecule has 0 amide bonds. The summed E-state index contributed by atoms with van der Waals surface area (Å²) >= 11 is 0. The molecule has 0 aliphatic carbocycles. The van der Waals surface area contributed by atoms with Crippen molar-refractivity contribution < 1.29 is 9.84 Å². The predicted octanol–water partition coefficient (Wildman–Crippen LogP) is -0.151. The normalized spacial score (nSPS) is 31.8. The van der Waals surface area contributed by atoms with Crippen LogP contribution in [0.2, 0.25) is 0 Å². The Labute approximate surface area is 29.7 Å². The molecule has 0 bridgehead atoms. The number of aliphatic hydroxyl groups is 1. The zero-order valence-corrected chi connectivity index (χ0v) is 2.59. The molecule has 2 nitrogen and oxygen atoms in total. The maximum Gasteiger partial charge on any atom is 0.219 e. The van der Waals surface area contributed by atoms with Gasteiger partial charge in [-0.1, -0.05) is 0 Å². The van der Waals surface area contributed by atoms with Crippen molar-refractivity contribution in [3.8, 4) is 0 Å². The minimum Gasteiger partial charge on any atom is -0.469 e. The highest BCUT2D eigenvalue weighted by molar-refractivity contribution is 4.86. The fourth-order valence-corrected chi connectivity index (χ4v) is 0.149. The van der Waals surface area contributed by atoms with Gasteiger partial charge in [-0.05, 0) is 0 Å². The van der Waals surface area contributed by atoms with Crippen LogP contribution in [-0.2, 0) is 4.74 Å². The van der Waals surface area contributed by atoms with Crippen LogP contribution in [0.3, 0.4) is 0 Å². The molecule has 1 rings (SSSR count). The fourth-order valence-electron chi connectivity index (χ4n) is 0.149. The second-order valence-corrected chi connectivity index (χ2v) is 0.855. The highest BCUT2D eigenvalue weighted by Crippen LogP contribution is 1.99. The molecule has 0 aromatic carbocycles. The van der Waals surface area contributed by atoms with Gasteiger partial charge in [0.1, 0.15) is 0 Å². The average molecular weight is 72.1 g/mol. The minimum atomic E-state index is -0.616. The van der Waals surface area contributed by atoms with Crippen molar-refractivity contribution in [3.63, 3.8) is 0 Å². The predicted molar refractivity (Wildman–Crippen MR) is 16.2 cm³/mol. The number of hydrogen-bond donors (Lipinski definition) is 1. The first kappa shape index (κ1) is 2.72. The summed E-state index contributed by atoms with van der Waals surface area (Å²) in [7, 11) is 0. The van der Waals surface area contributed by atoms with Gasteiger partial charge in [0.05, 0.1) is 6.26 Å². The lowest BCUT2D eigenvalue weighted by molar-refractivity contribution is -0.0450. The standard InChI is InChI=1S/C3H4O2/c4-3-1-2-5-3/h1-4H. The minimum absolute atomic E-state index is 0.616. The van der Waals surface area contributed by atoms with Crippen LogP contribution in [0.15, 0.2) is 12.3 Å². The van der Waals surface area contributed by atoms with Gasteiger partial charge in [0.25, 0.3) is 0 Å². The number of ether oxygens (including phenoxy) is 1. The van der Waals surface area contributed by atoms with E-state index < -0.39 is 6.29 Å². The molecule has 0 radical (unpaired) electrons. The van der Waals surface area contributed by atoms with E-state index in [-0.39, 0.29) is 0 Å². The molecule has 0 aromatic rings. The van der Waals surface area contributed by atoms with Crippen LogP contribution in [0.25, 0.3) is 0 Å². The van der Waals surface area contributed by atoms with Crippen molar-refractivity contribution in [1.82, 2.24) is 0 Å². The monoisotopic (exact) mass is 72.0 g/mol. The van der Waals surface area contributed by atoms with Crippen LogP contribution >= 0.6 is 0 Å². The first-order chi connectivity index (χ1) is 2.39. The molecule has 1 aliphatic rings. The third-order valence-electron chi connectivity index (χ3n) is 0.461. The molecular formula is C3H4O2. The Balaban J connectivity index is 2.39. The first-order valence-electron chi connectivity index (χ1n) is 1.40. The van der Waals surface area contributed by atoms with E-state index in [4.69, 9.17) is 5.11 Å². The molecule has 5 heavy (non-hydrogen) atoms. The van der Waals surface area contributed by atoms with Gasteiger partial charge in [-0.15, -0.1) is 0 Å². The summed E-state index contributed by atoms with van der Waals surface area (Å²) in [5, 5.41) is 8.14. The van der Waals surface area contributed by atoms with E-state index in [1.54, 1.807) is 6.08 Å². The number of hydrogen-bond acceptors (Lipinski definition) is 2. The van der Waals surface area contributed by atoms with Gasteiger partial charge in [0.15, 0.2) is 0 Å². The molecule has 0 saturated carbocycles. The quantitative estimate of drug-likeness (QED) is 0.431. The summed E-state index contributed by atoms with van der Waals surface area (Å²) in [5.74, 6) is 0. The van der Waals surface area contributed by atoms with E-state index in [0.29, 0.717) is 0 Å². The summed E-state index contributed by atoms with van der Waals surface area (Å²) in [6, 6.07) is 0. The maximum absolute atomic E-state index is 8.14. The Morgan fingerprint density at radius 2 is 2.20 bits per heavy atom. The molecule has 28 valence electrons. The van der Waals surface area contributed by atoms with E-state index >= 15 is 0 Å². The Morgan fingerprint density at radius 3 is 2.20 bits per heavy atom. The highest BCUT2D eigenvalue weighted by atomic mass is 16.6. The maximum atomic E-state index is 8.14. The van der Waals surface area contributed by atoms with Crippen LogP contribution in [0, 0.1) is 0 Å². The number of aliphatic hydroxyl groups excluding tert-OH is 1. The van der Waals surface area contributed by atoms with E-state index in [9.17, 15) is 0 Å². The lowest BCUT2D eigenvalue weighted by atomic mass is 10.5. The van der Waals surface area contributed by atoms with Gasteiger partial charge in [-0.25, -0.2) is 0 Å². The summed E-state index contributed by atoms with van der Waals surface area (Å²) in [6.45, 7) is 0. The zero-order chi connectivity index (χ0) is 3.70. The summed E-state index contributed by atoms with van der Waals surface area (Å²) < 4.78 is 4.31. The molecule has 1 N–H and O–H groups in total. The summed E-state index contributed by atoms with van der Waals surface area (Å²) in [5.41, 5.74) is 0. The fraction of sp³-hybridized carbons (Fsp3) is 0.333. The lowest BCUT2D eigenvalue weighted by Gasteiger charge is -2.10. The first-order valence-corrected chi connectivity index (χ1v) is 1.40. The van der Waals surface area contributed by atoms with Crippen LogP contribution in [0.1, 0.15) is 0 Å². The van der Waals surface area contributed by atoms with Gasteiger partial charge in [-0.3, -0.25) is 0 Å². The van der Waals surface area contributed by atoms with Gasteiger partial charge in [0.2, 0.25) is 6.29 Å². The molecule has 1 aliphatic heterocycles. The Bertz CT molecular complexity index is 57.9. The van der Waals surface area contributed by atoms with E-state index in [0.717, 1.165) is 0 Å². The van der Waals surface area contributed by atoms with Gasteiger partial charge >= 0.3 is 0 Å². The molecule has 0 saturated heterocycles. The third-order valence-corrected chi connectivity index (χ3v) is 0.461. The topological polar surface area (TPSA) is 29.5 Å². The van der Waals surface area contributed by atoms with Crippen molar-refractivity contribution in [2.24, 2.45) is 0 Å². The van der Waals surface area contributed by atoms with Gasteiger partial charge in [-0.2, -0.15) is 0 Å². The smallest absolute Gasteiger partial charge is 0.219 e. The van der Waals surface area contributed by atoms with E-state index in [1.165, 1.54) is 6.26 Å². The number of rotatable bonds is 0. The van der Waals surface area contributed by atoms with Crippen molar-refractivity contribution in [1.29, 1.82) is 0 Å². The third kappa shape index (κ3) is 0.260. The molecular weight excluding hydrogens is 68.0 g/mol. The van der Waals surface area contributed by atoms with Crippen molar-refractivity contribution in [2.75, 3.05) is 0 Å². The van der Waals surface area contributed by atoms with Crippen LogP contribution in [0.4, 0.5) is 0 Å². The lowest BCUT2D eigenvalue weighted by Crippen LogP contribution is -2.10. The van der Waals surface area contributed by atoms with Crippen molar-refractivity contribution in [2.45, 2.75) is 6.29 Å². The SMILES string of the molecule is OC1C=CO1. The van der Waals surface area contributed by atoms with Crippen LogP contribution in [-0.4, -0.2) is 11.4 Å². The zero-order valence-electron chi connectivity index (χ0n) is 2.59. The largest absolute Gasteiger partial charge is 0.469 e. The molecule has 1 heterocycles. The Morgan fingerprint density at radius 1 is 1.80 bits per heavy atom. The average Bonchev–Trinajstić information content (AvgIpc) is 1.30. The second-order valence-electron chi connectivity index (χ2n) is 0.855. The Hall–Kier alpha value is -0.500. The van der Waals surface area contributed by atoms with Gasteiger partial charge < -0.3 is 9.84 Å². The van der Waals surface area contributed by atoms with Crippen LogP contribution < -0.4 is 0 Å². The molecule has 0 aromatic heterocycles. The van der Waals surface area contributed by atoms with Gasteiger partial charge in [0, 0.05) is 6.08 Å². The summed E-state index contributed by atoms with van der Waals surface area (Å²) in [6.07, 6.45) is 2.39. The molecule has 1 atom stereocenters. The van der Waals surface area contributed by atoms with Crippen LogP contribution in [0.5, 0.6) is 0 Å². The molecule has 0 fully saturated rings. The summed E-state index contributed by atoms with van der Waals surface area (Å²) in [4.78, 5) is 0. The second kappa shape index (κ2) is 0.723. The van der Waals surface area contributed by atoms with Crippen molar-refractivity contribution in [3.05, 3.63) is 12.3 Å². The van der Waals surface area contributed by atoms with E-state index in [2.05, 4.69) is 4.74 Å². The molecule has 1 unspecified atom stereocenters. The molecule has 0 spiro atoms.